The fraction of sp³-hybridized carbons (Fsp3) is 0.957. The third-order valence-corrected chi connectivity index (χ3v) is 11.9. The van der Waals surface area contributed by atoms with Gasteiger partial charge in [0.1, 0.15) is 5.78 Å². The molecule has 0 aromatic carbocycles. The van der Waals surface area contributed by atoms with E-state index in [4.69, 9.17) is 8.85 Å². The van der Waals surface area contributed by atoms with E-state index in [9.17, 15) is 9.90 Å². The maximum atomic E-state index is 12.2. The first-order valence-corrected chi connectivity index (χ1v) is 12.9. The monoisotopic (exact) mass is 414 g/mol. The van der Waals surface area contributed by atoms with E-state index in [1.54, 1.807) is 0 Å². The molecule has 0 amide bonds. The highest BCUT2D eigenvalue weighted by molar-refractivity contribution is 6.73. The molecule has 1 heterocycles. The van der Waals surface area contributed by atoms with Crippen LogP contribution in [0, 0.1) is 23.7 Å². The van der Waals surface area contributed by atoms with Crippen LogP contribution in [0.1, 0.15) is 89.5 Å². The molecule has 1 N–H and O–H groups in total. The minimum absolute atomic E-state index is 0.0794. The summed E-state index contributed by atoms with van der Waals surface area (Å²) in [6, 6.07) is 0. The average Bonchev–Trinajstić information content (AvgIpc) is 2.56. The number of carbonyl (C=O) groups excluding carboxylic acids is 1. The van der Waals surface area contributed by atoms with E-state index >= 15 is 0 Å². The molecule has 6 atom stereocenters. The Morgan fingerprint density at radius 1 is 0.964 bits per heavy atom. The number of rotatable bonds is 6. The minimum Gasteiger partial charge on any atom is -0.392 e. The number of aliphatic hydroxyl groups is 1. The van der Waals surface area contributed by atoms with Gasteiger partial charge in [-0.2, -0.15) is 0 Å². The van der Waals surface area contributed by atoms with Crippen molar-refractivity contribution in [3.63, 3.8) is 0 Å². The highest BCUT2D eigenvalue weighted by Gasteiger charge is 2.64. The molecule has 1 aliphatic rings. The lowest BCUT2D eigenvalue weighted by atomic mass is 9.79. The summed E-state index contributed by atoms with van der Waals surface area (Å²) in [4.78, 5) is 12.2. The van der Waals surface area contributed by atoms with E-state index in [-0.39, 0.29) is 45.8 Å². The van der Waals surface area contributed by atoms with E-state index in [1.165, 1.54) is 0 Å². The zero-order valence-electron chi connectivity index (χ0n) is 20.4. The maximum absolute atomic E-state index is 12.2. The Morgan fingerprint density at radius 2 is 1.39 bits per heavy atom. The van der Waals surface area contributed by atoms with Gasteiger partial charge in [0.2, 0.25) is 0 Å². The van der Waals surface area contributed by atoms with Crippen LogP contribution in [0.2, 0.25) is 10.1 Å². The summed E-state index contributed by atoms with van der Waals surface area (Å²) in [6.45, 7) is 25.7. The Labute approximate surface area is 175 Å². The third-order valence-electron chi connectivity index (χ3n) is 6.70. The van der Waals surface area contributed by atoms with Crippen LogP contribution in [0.15, 0.2) is 0 Å². The first kappa shape index (κ1) is 25.8. The SMILES string of the molecule is CCC(=O)[C@H](C)[C@@H](O)[C@H](C)[C@@H]1O[Si](C(C)(C)C)(C(C)(C)C)O[C@H](C(C)C)[C@@H]1C. The first-order valence-electron chi connectivity index (χ1n) is 11.1. The second-order valence-electron chi connectivity index (χ2n) is 11.3. The van der Waals surface area contributed by atoms with Crippen molar-refractivity contribution in [3.05, 3.63) is 0 Å². The van der Waals surface area contributed by atoms with Crippen LogP contribution in [0.5, 0.6) is 0 Å². The summed E-state index contributed by atoms with van der Waals surface area (Å²) in [5.41, 5.74) is 0. The van der Waals surface area contributed by atoms with Crippen molar-refractivity contribution in [2.24, 2.45) is 23.7 Å². The van der Waals surface area contributed by atoms with Gasteiger partial charge in [-0.3, -0.25) is 4.79 Å². The highest BCUT2D eigenvalue weighted by Crippen LogP contribution is 2.57. The van der Waals surface area contributed by atoms with Gasteiger partial charge in [0, 0.05) is 34.3 Å². The van der Waals surface area contributed by atoms with Gasteiger partial charge in [0.05, 0.1) is 18.3 Å². The van der Waals surface area contributed by atoms with Gasteiger partial charge < -0.3 is 14.0 Å². The van der Waals surface area contributed by atoms with Crippen molar-refractivity contribution >= 4 is 14.3 Å². The van der Waals surface area contributed by atoms with Crippen molar-refractivity contribution in [1.29, 1.82) is 0 Å². The lowest BCUT2D eigenvalue weighted by molar-refractivity contribution is -0.136. The molecule has 1 rings (SSSR count). The predicted molar refractivity (Wildman–Crippen MR) is 119 cm³/mol. The highest BCUT2D eigenvalue weighted by atomic mass is 28.4. The topological polar surface area (TPSA) is 55.8 Å². The Morgan fingerprint density at radius 3 is 1.75 bits per heavy atom. The number of hydrogen-bond acceptors (Lipinski definition) is 4. The average molecular weight is 415 g/mol. The molecule has 0 saturated carbocycles. The summed E-state index contributed by atoms with van der Waals surface area (Å²) in [5.74, 6) is 0.101. The molecular weight excluding hydrogens is 368 g/mol. The zero-order chi connectivity index (χ0) is 22.2. The third kappa shape index (κ3) is 4.74. The van der Waals surface area contributed by atoms with Crippen LogP contribution in [-0.4, -0.2) is 37.8 Å². The van der Waals surface area contributed by atoms with Gasteiger partial charge in [-0.25, -0.2) is 0 Å². The molecule has 28 heavy (non-hydrogen) atoms. The van der Waals surface area contributed by atoms with E-state index in [0.717, 1.165) is 0 Å². The smallest absolute Gasteiger partial charge is 0.349 e. The van der Waals surface area contributed by atoms with Crippen molar-refractivity contribution in [2.45, 2.75) is 118 Å². The number of aliphatic hydroxyl groups excluding tert-OH is 1. The van der Waals surface area contributed by atoms with E-state index < -0.39 is 14.7 Å². The quantitative estimate of drug-likeness (QED) is 0.565. The molecule has 1 aliphatic heterocycles. The zero-order valence-corrected chi connectivity index (χ0v) is 21.4. The lowest BCUT2D eigenvalue weighted by Gasteiger charge is -2.59. The molecule has 4 nitrogen and oxygen atoms in total. The van der Waals surface area contributed by atoms with Gasteiger partial charge in [0.25, 0.3) is 0 Å². The van der Waals surface area contributed by atoms with Crippen LogP contribution in [0.4, 0.5) is 0 Å². The molecule has 0 spiro atoms. The molecule has 0 aromatic heterocycles. The Balaban J connectivity index is 3.42. The number of carbonyl (C=O) groups is 1. The van der Waals surface area contributed by atoms with Crippen molar-refractivity contribution in [1.82, 2.24) is 0 Å². The van der Waals surface area contributed by atoms with Crippen molar-refractivity contribution in [3.8, 4) is 0 Å². The summed E-state index contributed by atoms with van der Waals surface area (Å²) >= 11 is 0. The molecule has 0 aromatic rings. The molecule has 0 unspecified atom stereocenters. The molecule has 1 saturated heterocycles. The first-order chi connectivity index (χ1) is 12.5. The fourth-order valence-corrected chi connectivity index (χ4v) is 10.5. The molecule has 0 bridgehead atoms. The maximum Gasteiger partial charge on any atom is 0.349 e. The van der Waals surface area contributed by atoms with Gasteiger partial charge in [-0.1, -0.05) is 83.1 Å². The Hall–Kier alpha value is -0.233. The van der Waals surface area contributed by atoms with E-state index in [1.807, 2.05) is 20.8 Å². The summed E-state index contributed by atoms with van der Waals surface area (Å²) in [6.07, 6.45) is -0.312. The number of hydrogen-bond donors (Lipinski definition) is 1. The molecule has 0 aliphatic carbocycles. The number of Topliss-reactive ketones (excluding diaryl/α,β-unsaturated/α-hetero) is 1. The second kappa shape index (κ2) is 8.87. The van der Waals surface area contributed by atoms with Crippen LogP contribution < -0.4 is 0 Å². The summed E-state index contributed by atoms with van der Waals surface area (Å²) in [7, 11) is -2.69. The van der Waals surface area contributed by atoms with Crippen LogP contribution >= 0.6 is 0 Å². The largest absolute Gasteiger partial charge is 0.392 e. The van der Waals surface area contributed by atoms with Crippen molar-refractivity contribution in [2.75, 3.05) is 0 Å². The fourth-order valence-electron chi connectivity index (χ4n) is 5.14. The number of ketones is 1. The molecule has 1 fully saturated rings. The van der Waals surface area contributed by atoms with Crippen molar-refractivity contribution < 1.29 is 18.8 Å². The lowest BCUT2D eigenvalue weighted by Crippen LogP contribution is -2.68. The molecule has 5 heteroatoms. The predicted octanol–water partition coefficient (Wildman–Crippen LogP) is 5.72. The Bertz CT molecular complexity index is 518. The molecular formula is C23H46O4Si. The van der Waals surface area contributed by atoms with Gasteiger partial charge >= 0.3 is 8.56 Å². The summed E-state index contributed by atoms with van der Waals surface area (Å²) < 4.78 is 13.9. The van der Waals surface area contributed by atoms with Gasteiger partial charge in [-0.15, -0.1) is 0 Å². The van der Waals surface area contributed by atoms with Crippen LogP contribution in [0.25, 0.3) is 0 Å². The van der Waals surface area contributed by atoms with Crippen LogP contribution in [0.3, 0.4) is 0 Å². The minimum atomic E-state index is -2.69. The molecule has 0 radical (unpaired) electrons. The van der Waals surface area contributed by atoms with E-state index in [0.29, 0.717) is 12.3 Å². The van der Waals surface area contributed by atoms with Crippen LogP contribution in [-0.2, 0) is 13.6 Å². The normalized spacial score (nSPS) is 29.4. The summed E-state index contributed by atoms with van der Waals surface area (Å²) in [5, 5.41) is 10.8. The Kier molecular flexibility index (Phi) is 8.17. The molecule has 166 valence electrons. The van der Waals surface area contributed by atoms with E-state index in [2.05, 4.69) is 62.3 Å². The standard InChI is InChI=1S/C23H46O4Si/c1-13-18(24)15(4)19(25)16(5)21-17(6)20(14(2)3)26-28(27-21,22(7,8)9)23(10,11)12/h14-17,19-21,25H,13H2,1-12H3/t15-,16-,17-,19+,20+,21-/m0/s1. The van der Waals surface area contributed by atoms with Gasteiger partial charge in [-0.05, 0) is 5.92 Å². The second-order valence-corrected chi connectivity index (χ2v) is 16.0. The van der Waals surface area contributed by atoms with Gasteiger partial charge in [0.15, 0.2) is 0 Å².